The highest BCUT2D eigenvalue weighted by Crippen LogP contribution is 2.41. The molecule has 0 bridgehead atoms. The van der Waals surface area contributed by atoms with E-state index in [0.717, 1.165) is 37.2 Å². The molecule has 4 heteroatoms. The largest absolute Gasteiger partial charge is 0.386 e. The monoisotopic (exact) mass is 486 g/mol. The molecule has 1 atom stereocenters. The van der Waals surface area contributed by atoms with Crippen LogP contribution < -0.4 is 0 Å². The molecule has 2 fully saturated rings. The quantitative estimate of drug-likeness (QED) is 0.361. The molecule has 2 aliphatic carbocycles. The van der Waals surface area contributed by atoms with Gasteiger partial charge in [-0.05, 0) is 97.9 Å². The summed E-state index contributed by atoms with van der Waals surface area (Å²) in [6.45, 7) is 6.08. The average Bonchev–Trinajstić information content (AvgIpc) is 2.85. The van der Waals surface area contributed by atoms with Gasteiger partial charge in [0.1, 0.15) is 5.82 Å². The molecule has 2 aromatic rings. The fourth-order valence-electron chi connectivity index (χ4n) is 6.20. The summed E-state index contributed by atoms with van der Waals surface area (Å²) in [5, 5.41) is 0. The SMILES string of the molecule is CCCC1CCC(c2ccc(C(C)OC(F)(F)c3ccc(C4CCC(C)CC4)cc3F)cc2)CC1. The second-order valence-corrected chi connectivity index (χ2v) is 11.1. The Morgan fingerprint density at radius 3 is 2.03 bits per heavy atom. The second kappa shape index (κ2) is 11.5. The lowest BCUT2D eigenvalue weighted by molar-refractivity contribution is -0.273. The van der Waals surface area contributed by atoms with Crippen molar-refractivity contribution in [2.24, 2.45) is 11.8 Å². The van der Waals surface area contributed by atoms with E-state index in [9.17, 15) is 13.2 Å². The Morgan fingerprint density at radius 1 is 0.857 bits per heavy atom. The standard InChI is InChI=1S/C31H41F3O/c1-4-5-23-8-12-25(13-9-23)26-16-14-24(15-17-26)22(3)35-31(33,34)29-19-18-28(20-30(29)32)27-10-6-21(2)7-11-27/h14-23,25,27H,4-13H2,1-3H3. The first-order valence-electron chi connectivity index (χ1n) is 13.7. The van der Waals surface area contributed by atoms with Crippen molar-refractivity contribution in [3.05, 3.63) is 70.5 Å². The third kappa shape index (κ3) is 6.50. The van der Waals surface area contributed by atoms with E-state index in [-0.39, 0.29) is 5.92 Å². The molecule has 2 aliphatic rings. The van der Waals surface area contributed by atoms with Crippen LogP contribution in [-0.2, 0) is 10.8 Å². The summed E-state index contributed by atoms with van der Waals surface area (Å²) >= 11 is 0. The summed E-state index contributed by atoms with van der Waals surface area (Å²) in [6, 6.07) is 12.0. The molecular weight excluding hydrogens is 445 g/mol. The van der Waals surface area contributed by atoms with Crippen molar-refractivity contribution in [2.45, 2.75) is 109 Å². The predicted molar refractivity (Wildman–Crippen MR) is 136 cm³/mol. The van der Waals surface area contributed by atoms with Crippen molar-refractivity contribution in [2.75, 3.05) is 0 Å². The molecule has 0 spiro atoms. The van der Waals surface area contributed by atoms with Gasteiger partial charge in [0.2, 0.25) is 0 Å². The first kappa shape index (κ1) is 26.3. The summed E-state index contributed by atoms with van der Waals surface area (Å²) in [6.07, 6.45) is 7.14. The van der Waals surface area contributed by atoms with E-state index < -0.39 is 23.6 Å². The molecule has 0 N–H and O–H groups in total. The molecule has 0 saturated heterocycles. The number of rotatable bonds is 8. The van der Waals surface area contributed by atoms with Crippen LogP contribution in [0.2, 0.25) is 0 Å². The van der Waals surface area contributed by atoms with Gasteiger partial charge in [-0.3, -0.25) is 0 Å². The van der Waals surface area contributed by atoms with E-state index in [2.05, 4.69) is 26.0 Å². The molecule has 35 heavy (non-hydrogen) atoms. The van der Waals surface area contributed by atoms with Gasteiger partial charge < -0.3 is 4.74 Å². The highest BCUT2D eigenvalue weighted by Gasteiger charge is 2.38. The number of ether oxygens (including phenoxy) is 1. The van der Waals surface area contributed by atoms with Crippen LogP contribution in [0.25, 0.3) is 0 Å². The summed E-state index contributed by atoms with van der Waals surface area (Å²) in [7, 11) is 0. The van der Waals surface area contributed by atoms with Gasteiger partial charge in [0, 0.05) is 0 Å². The molecule has 0 amide bonds. The number of hydrogen-bond acceptors (Lipinski definition) is 1. The van der Waals surface area contributed by atoms with Crippen molar-refractivity contribution in [3.8, 4) is 0 Å². The third-order valence-corrected chi connectivity index (χ3v) is 8.54. The normalized spacial score (nSPS) is 26.5. The van der Waals surface area contributed by atoms with Gasteiger partial charge in [0.15, 0.2) is 0 Å². The summed E-state index contributed by atoms with van der Waals surface area (Å²) < 4.78 is 49.9. The molecule has 1 unspecified atom stereocenters. The Balaban J connectivity index is 1.37. The second-order valence-electron chi connectivity index (χ2n) is 11.1. The number of benzene rings is 2. The van der Waals surface area contributed by atoms with E-state index in [0.29, 0.717) is 17.4 Å². The molecule has 0 radical (unpaired) electrons. The lowest BCUT2D eigenvalue weighted by Gasteiger charge is -2.29. The first-order chi connectivity index (χ1) is 16.8. The Morgan fingerprint density at radius 2 is 1.43 bits per heavy atom. The van der Waals surface area contributed by atoms with Crippen LogP contribution in [0.1, 0.15) is 125 Å². The van der Waals surface area contributed by atoms with Gasteiger partial charge in [-0.15, -0.1) is 0 Å². The minimum Gasteiger partial charge on any atom is -0.309 e. The van der Waals surface area contributed by atoms with Crippen LogP contribution in [0.15, 0.2) is 42.5 Å². The zero-order valence-corrected chi connectivity index (χ0v) is 21.5. The van der Waals surface area contributed by atoms with Crippen molar-refractivity contribution in [1.82, 2.24) is 0 Å². The van der Waals surface area contributed by atoms with Crippen LogP contribution >= 0.6 is 0 Å². The highest BCUT2D eigenvalue weighted by atomic mass is 19.3. The molecule has 1 nitrogen and oxygen atoms in total. The van der Waals surface area contributed by atoms with Crippen molar-refractivity contribution in [3.63, 3.8) is 0 Å². The van der Waals surface area contributed by atoms with Crippen LogP contribution in [0, 0.1) is 17.7 Å². The number of hydrogen-bond donors (Lipinski definition) is 0. The van der Waals surface area contributed by atoms with Gasteiger partial charge in [-0.25, -0.2) is 4.39 Å². The first-order valence-corrected chi connectivity index (χ1v) is 13.7. The maximum atomic E-state index is 15.0. The van der Waals surface area contributed by atoms with Crippen molar-refractivity contribution >= 4 is 0 Å². The fourth-order valence-corrected chi connectivity index (χ4v) is 6.20. The molecule has 0 heterocycles. The zero-order chi connectivity index (χ0) is 25.0. The van der Waals surface area contributed by atoms with Gasteiger partial charge in [-0.1, -0.05) is 69.9 Å². The van der Waals surface area contributed by atoms with E-state index in [1.165, 1.54) is 56.2 Å². The van der Waals surface area contributed by atoms with Gasteiger partial charge in [0.05, 0.1) is 11.7 Å². The summed E-state index contributed by atoms with van der Waals surface area (Å²) in [5.74, 6) is 1.46. The molecule has 4 rings (SSSR count). The van der Waals surface area contributed by atoms with Crippen LogP contribution in [0.5, 0.6) is 0 Å². The van der Waals surface area contributed by atoms with E-state index in [1.54, 1.807) is 13.0 Å². The number of alkyl halides is 2. The third-order valence-electron chi connectivity index (χ3n) is 8.54. The van der Waals surface area contributed by atoms with E-state index in [4.69, 9.17) is 4.74 Å². The smallest absolute Gasteiger partial charge is 0.309 e. The van der Waals surface area contributed by atoms with Gasteiger partial charge in [0.25, 0.3) is 0 Å². The molecule has 0 aromatic heterocycles. The lowest BCUT2D eigenvalue weighted by atomic mass is 9.77. The lowest BCUT2D eigenvalue weighted by Crippen LogP contribution is -2.22. The molecule has 2 aromatic carbocycles. The maximum Gasteiger partial charge on any atom is 0.386 e. The Kier molecular flexibility index (Phi) is 8.63. The molecule has 0 aliphatic heterocycles. The fraction of sp³-hybridized carbons (Fsp3) is 0.613. The van der Waals surface area contributed by atoms with Crippen LogP contribution in [0.4, 0.5) is 13.2 Å². The highest BCUT2D eigenvalue weighted by molar-refractivity contribution is 5.30. The molecule has 192 valence electrons. The minimum atomic E-state index is -3.69. The zero-order valence-electron chi connectivity index (χ0n) is 21.5. The van der Waals surface area contributed by atoms with E-state index in [1.807, 2.05) is 12.1 Å². The summed E-state index contributed by atoms with van der Waals surface area (Å²) in [5.41, 5.74) is 2.10. The van der Waals surface area contributed by atoms with Gasteiger partial charge >= 0.3 is 6.11 Å². The minimum absolute atomic E-state index is 0.253. The number of halogens is 3. The molecule has 2 saturated carbocycles. The van der Waals surface area contributed by atoms with E-state index >= 15 is 0 Å². The summed E-state index contributed by atoms with van der Waals surface area (Å²) in [4.78, 5) is 0. The predicted octanol–water partition coefficient (Wildman–Crippen LogP) is 10.0. The Labute approximate surface area is 209 Å². The van der Waals surface area contributed by atoms with Crippen LogP contribution in [-0.4, -0.2) is 0 Å². The molecular formula is C31H41F3O. The average molecular weight is 487 g/mol. The van der Waals surface area contributed by atoms with Crippen molar-refractivity contribution < 1.29 is 17.9 Å². The maximum absolute atomic E-state index is 15.0. The topological polar surface area (TPSA) is 9.23 Å². The van der Waals surface area contributed by atoms with Crippen molar-refractivity contribution in [1.29, 1.82) is 0 Å². The Hall–Kier alpha value is -1.81. The van der Waals surface area contributed by atoms with Crippen LogP contribution in [0.3, 0.4) is 0 Å². The van der Waals surface area contributed by atoms with Gasteiger partial charge in [-0.2, -0.15) is 8.78 Å². The Bertz CT molecular complexity index is 938.